The first-order valence-corrected chi connectivity index (χ1v) is 11.0. The average Bonchev–Trinajstić information content (AvgIpc) is 3.31. The smallest absolute Gasteiger partial charge is 0.227 e. The first-order chi connectivity index (χ1) is 16.6. The Bertz CT molecular complexity index is 1340. The van der Waals surface area contributed by atoms with E-state index in [4.69, 9.17) is 0 Å². The molecule has 2 N–H and O–H groups in total. The van der Waals surface area contributed by atoms with Gasteiger partial charge < -0.3 is 15.3 Å². The van der Waals surface area contributed by atoms with Crippen molar-refractivity contribution in [2.24, 2.45) is 7.05 Å². The van der Waals surface area contributed by atoms with Gasteiger partial charge in [0.2, 0.25) is 11.8 Å². The monoisotopic (exact) mass is 453 g/mol. The second-order valence-electron chi connectivity index (χ2n) is 8.13. The molecule has 0 amide bonds. The van der Waals surface area contributed by atoms with E-state index in [0.717, 1.165) is 41.3 Å². The van der Waals surface area contributed by atoms with Crippen molar-refractivity contribution in [2.45, 2.75) is 18.9 Å². The number of tetrazole rings is 1. The van der Waals surface area contributed by atoms with Crippen molar-refractivity contribution >= 4 is 17.3 Å². The first kappa shape index (κ1) is 21.5. The molecule has 0 bridgehead atoms. The predicted octanol–water partition coefficient (Wildman–Crippen LogP) is 2.91. The van der Waals surface area contributed by atoms with Crippen molar-refractivity contribution < 1.29 is 5.11 Å². The van der Waals surface area contributed by atoms with Crippen LogP contribution in [0.2, 0.25) is 0 Å². The Morgan fingerprint density at radius 2 is 1.82 bits per heavy atom. The molecule has 4 aromatic rings. The quantitative estimate of drug-likeness (QED) is 0.468. The topological polar surface area (TPSA) is 129 Å². The molecule has 2 aromatic carbocycles. The lowest BCUT2D eigenvalue weighted by molar-refractivity contribution is 0.145. The second kappa shape index (κ2) is 9.25. The molecule has 1 saturated heterocycles. The summed E-state index contributed by atoms with van der Waals surface area (Å²) in [7, 11) is 1.73. The molecule has 170 valence electrons. The summed E-state index contributed by atoms with van der Waals surface area (Å²) in [6, 6.07) is 17.5. The summed E-state index contributed by atoms with van der Waals surface area (Å²) in [4.78, 5) is 12.5. The van der Waals surface area contributed by atoms with E-state index in [1.165, 1.54) is 4.80 Å². The van der Waals surface area contributed by atoms with Gasteiger partial charge in [-0.1, -0.05) is 6.07 Å². The fourth-order valence-electron chi connectivity index (χ4n) is 3.98. The SMILES string of the molecule is Cn1nnc(-c2ccc(Nc3nccc(-c4ccc(N5CCC(O)CC5)c(C#N)c4)n3)cc2)n1. The predicted molar refractivity (Wildman–Crippen MR) is 127 cm³/mol. The Hall–Kier alpha value is -4.36. The molecule has 2 aromatic heterocycles. The van der Waals surface area contributed by atoms with E-state index in [-0.39, 0.29) is 6.10 Å². The molecular weight excluding hydrogens is 430 g/mol. The number of anilines is 3. The number of nitriles is 1. The molecule has 1 aliphatic heterocycles. The van der Waals surface area contributed by atoms with Gasteiger partial charge in [0, 0.05) is 36.1 Å². The van der Waals surface area contributed by atoms with Crippen molar-refractivity contribution in [3.63, 3.8) is 0 Å². The van der Waals surface area contributed by atoms with E-state index in [2.05, 4.69) is 41.7 Å². The molecule has 1 fully saturated rings. The van der Waals surface area contributed by atoms with Crippen LogP contribution in [0.15, 0.2) is 54.7 Å². The number of rotatable bonds is 5. The fourth-order valence-corrected chi connectivity index (χ4v) is 3.98. The molecule has 0 unspecified atom stereocenters. The van der Waals surface area contributed by atoms with Gasteiger partial charge in [-0.25, -0.2) is 9.97 Å². The summed E-state index contributed by atoms with van der Waals surface area (Å²) in [5, 5.41) is 34.8. The van der Waals surface area contributed by atoms with Crippen LogP contribution in [0.4, 0.5) is 17.3 Å². The van der Waals surface area contributed by atoms with Crippen LogP contribution in [0, 0.1) is 11.3 Å². The van der Waals surface area contributed by atoms with Gasteiger partial charge in [-0.2, -0.15) is 10.1 Å². The highest BCUT2D eigenvalue weighted by Crippen LogP contribution is 2.29. The van der Waals surface area contributed by atoms with Gasteiger partial charge in [-0.05, 0) is 60.5 Å². The average molecular weight is 454 g/mol. The van der Waals surface area contributed by atoms with E-state index in [1.807, 2.05) is 48.5 Å². The number of aliphatic hydroxyl groups excluding tert-OH is 1. The van der Waals surface area contributed by atoms with Crippen LogP contribution < -0.4 is 10.2 Å². The minimum atomic E-state index is -0.257. The molecule has 5 rings (SSSR count). The maximum Gasteiger partial charge on any atom is 0.227 e. The van der Waals surface area contributed by atoms with Crippen LogP contribution in [-0.2, 0) is 7.05 Å². The number of piperidine rings is 1. The third kappa shape index (κ3) is 4.55. The van der Waals surface area contributed by atoms with Gasteiger partial charge in [0.1, 0.15) is 6.07 Å². The summed E-state index contributed by atoms with van der Waals surface area (Å²) >= 11 is 0. The molecule has 0 spiro atoms. The Balaban J connectivity index is 1.34. The number of nitrogens with one attached hydrogen (secondary N) is 1. The molecule has 0 radical (unpaired) electrons. The molecule has 10 heteroatoms. The third-order valence-corrected chi connectivity index (χ3v) is 5.78. The van der Waals surface area contributed by atoms with Gasteiger partial charge in [0.25, 0.3) is 0 Å². The summed E-state index contributed by atoms with van der Waals surface area (Å²) < 4.78 is 0. The van der Waals surface area contributed by atoms with Crippen molar-refractivity contribution in [3.05, 3.63) is 60.3 Å². The lowest BCUT2D eigenvalue weighted by Gasteiger charge is -2.32. The maximum atomic E-state index is 9.77. The standard InChI is InChI=1S/C24H23N9O/c1-32-30-23(29-31-32)16-2-5-19(6-3-16)27-24-26-11-8-21(28-24)17-4-7-22(18(14-17)15-25)33-12-9-20(34)10-13-33/h2-8,11,14,20,34H,9-10,12-13H2,1H3,(H,26,27,28). The normalized spacial score (nSPS) is 14.1. The van der Waals surface area contributed by atoms with Crippen LogP contribution in [0.5, 0.6) is 0 Å². The third-order valence-electron chi connectivity index (χ3n) is 5.78. The molecular formula is C24H23N9O. The van der Waals surface area contributed by atoms with Crippen LogP contribution in [0.3, 0.4) is 0 Å². The number of nitrogens with zero attached hydrogens (tertiary/aromatic N) is 8. The van der Waals surface area contributed by atoms with Crippen molar-refractivity contribution in [3.8, 4) is 28.7 Å². The highest BCUT2D eigenvalue weighted by molar-refractivity contribution is 5.70. The lowest BCUT2D eigenvalue weighted by Crippen LogP contribution is -2.36. The highest BCUT2D eigenvalue weighted by atomic mass is 16.3. The summed E-state index contributed by atoms with van der Waals surface area (Å²) in [5.74, 6) is 1.01. The zero-order valence-corrected chi connectivity index (χ0v) is 18.6. The van der Waals surface area contributed by atoms with E-state index in [0.29, 0.717) is 30.2 Å². The second-order valence-corrected chi connectivity index (χ2v) is 8.13. The van der Waals surface area contributed by atoms with Crippen molar-refractivity contribution in [2.75, 3.05) is 23.3 Å². The molecule has 0 saturated carbocycles. The summed E-state index contributed by atoms with van der Waals surface area (Å²) in [5.41, 5.74) is 4.73. The molecule has 0 atom stereocenters. The van der Waals surface area contributed by atoms with Gasteiger partial charge in [-0.15, -0.1) is 10.2 Å². The van der Waals surface area contributed by atoms with E-state index in [1.54, 1.807) is 13.2 Å². The summed E-state index contributed by atoms with van der Waals surface area (Å²) in [6.07, 6.45) is 2.86. The number of aromatic nitrogens is 6. The number of hydrogen-bond acceptors (Lipinski definition) is 9. The van der Waals surface area contributed by atoms with Crippen LogP contribution in [-0.4, -0.2) is 54.5 Å². The van der Waals surface area contributed by atoms with Gasteiger partial charge in [0.15, 0.2) is 0 Å². The van der Waals surface area contributed by atoms with Crippen LogP contribution in [0.1, 0.15) is 18.4 Å². The number of hydrogen-bond donors (Lipinski definition) is 2. The highest BCUT2D eigenvalue weighted by Gasteiger charge is 2.20. The minimum Gasteiger partial charge on any atom is -0.393 e. The van der Waals surface area contributed by atoms with Gasteiger partial charge >= 0.3 is 0 Å². The van der Waals surface area contributed by atoms with Crippen molar-refractivity contribution in [1.82, 2.24) is 30.2 Å². The number of benzene rings is 2. The van der Waals surface area contributed by atoms with Gasteiger partial charge in [-0.3, -0.25) is 0 Å². The van der Waals surface area contributed by atoms with Gasteiger partial charge in [0.05, 0.1) is 30.1 Å². The zero-order chi connectivity index (χ0) is 23.5. The van der Waals surface area contributed by atoms with Crippen LogP contribution in [0.25, 0.3) is 22.6 Å². The molecule has 0 aliphatic carbocycles. The summed E-state index contributed by atoms with van der Waals surface area (Å²) in [6.45, 7) is 1.48. The van der Waals surface area contributed by atoms with E-state index >= 15 is 0 Å². The van der Waals surface area contributed by atoms with Crippen LogP contribution >= 0.6 is 0 Å². The molecule has 10 nitrogen and oxygen atoms in total. The Morgan fingerprint density at radius 3 is 2.53 bits per heavy atom. The maximum absolute atomic E-state index is 9.77. The molecule has 34 heavy (non-hydrogen) atoms. The Morgan fingerprint density at radius 1 is 1.06 bits per heavy atom. The van der Waals surface area contributed by atoms with E-state index in [9.17, 15) is 10.4 Å². The molecule has 1 aliphatic rings. The fraction of sp³-hybridized carbons (Fsp3) is 0.250. The minimum absolute atomic E-state index is 0.257. The Kier molecular flexibility index (Phi) is 5.84. The Labute approximate surface area is 196 Å². The lowest BCUT2D eigenvalue weighted by atomic mass is 10.0. The molecule has 3 heterocycles. The zero-order valence-electron chi connectivity index (χ0n) is 18.6. The first-order valence-electron chi connectivity index (χ1n) is 11.0. The van der Waals surface area contributed by atoms with Crippen molar-refractivity contribution in [1.29, 1.82) is 5.26 Å². The number of aryl methyl sites for hydroxylation is 1. The van der Waals surface area contributed by atoms with E-state index < -0.39 is 0 Å². The largest absolute Gasteiger partial charge is 0.393 e. The number of aliphatic hydroxyl groups is 1.